The van der Waals surface area contributed by atoms with Gasteiger partial charge in [-0.1, -0.05) is 92.4 Å². The number of hydrogen-bond acceptors (Lipinski definition) is 2. The monoisotopic (exact) mass is 432 g/mol. The van der Waals surface area contributed by atoms with Crippen LogP contribution in [0.5, 0.6) is 0 Å². The molecule has 0 aliphatic rings. The molecule has 2 rings (SSSR count). The molecule has 2 aromatic rings. The van der Waals surface area contributed by atoms with Gasteiger partial charge in [0.2, 0.25) is 0 Å². The first-order chi connectivity index (χ1) is 13.9. The maximum atomic E-state index is 2.52. The highest BCUT2D eigenvalue weighted by atomic mass is 32.1. The lowest BCUT2D eigenvalue weighted by atomic mass is 10.0. The molecule has 2 heteroatoms. The molecule has 0 saturated heterocycles. The van der Waals surface area contributed by atoms with Gasteiger partial charge in [0, 0.05) is 19.5 Å². The molecule has 0 aliphatic carbocycles. The molecule has 29 heavy (non-hydrogen) atoms. The summed E-state index contributed by atoms with van der Waals surface area (Å²) in [5.74, 6) is 1.26. The van der Waals surface area contributed by atoms with Gasteiger partial charge >= 0.3 is 0 Å². The molecule has 0 amide bonds. The summed E-state index contributed by atoms with van der Waals surface area (Å²) in [4.78, 5) is 6.19. The minimum absolute atomic E-state index is 0.627. The molecule has 0 spiro atoms. The van der Waals surface area contributed by atoms with Crippen LogP contribution in [0.1, 0.15) is 132 Å². The Balaban J connectivity index is 1.89. The average molecular weight is 433 g/mol. The van der Waals surface area contributed by atoms with Crippen LogP contribution in [0, 0.1) is 6.92 Å². The number of aryl methyl sites for hydroxylation is 2. The van der Waals surface area contributed by atoms with E-state index in [0.29, 0.717) is 11.8 Å². The highest BCUT2D eigenvalue weighted by Gasteiger charge is 2.18. The second-order valence-corrected chi connectivity index (χ2v) is 11.6. The number of unbranched alkanes of at least 4 members (excludes halogenated alkanes) is 9. The van der Waals surface area contributed by atoms with Gasteiger partial charge < -0.3 is 0 Å². The van der Waals surface area contributed by atoms with E-state index in [1.807, 2.05) is 11.3 Å². The number of hydrogen-bond donors (Lipinski definition) is 0. The third-order valence-electron chi connectivity index (χ3n) is 5.91. The van der Waals surface area contributed by atoms with Crippen molar-refractivity contribution in [2.45, 2.75) is 124 Å². The second-order valence-electron chi connectivity index (χ2n) is 9.41. The Hall–Kier alpha value is -0.600. The summed E-state index contributed by atoms with van der Waals surface area (Å²) < 4.78 is 0. The molecular formula is C27H44S2. The van der Waals surface area contributed by atoms with Crippen LogP contribution in [0.15, 0.2) is 12.1 Å². The Morgan fingerprint density at radius 2 is 1.14 bits per heavy atom. The summed E-state index contributed by atoms with van der Waals surface area (Å²) in [5.41, 5.74) is 3.08. The topological polar surface area (TPSA) is 0 Å². The first kappa shape index (κ1) is 24.7. The lowest BCUT2D eigenvalue weighted by Crippen LogP contribution is -1.87. The smallest absolute Gasteiger partial charge is 0.0480 e. The summed E-state index contributed by atoms with van der Waals surface area (Å²) in [6.07, 6.45) is 15.4. The molecular weight excluding hydrogens is 388 g/mol. The van der Waals surface area contributed by atoms with Crippen LogP contribution >= 0.6 is 22.7 Å². The normalized spacial score (nSPS) is 11.9. The average Bonchev–Trinajstić information content (AvgIpc) is 3.27. The van der Waals surface area contributed by atoms with Crippen LogP contribution in [0.3, 0.4) is 0 Å². The predicted molar refractivity (Wildman–Crippen MR) is 136 cm³/mol. The molecule has 0 radical (unpaired) electrons. The lowest BCUT2D eigenvalue weighted by Gasteiger charge is -2.05. The SMILES string of the molecule is CCCCCCCCCCCCc1cc(C(C)C)sc1-c1sc(C(C)C)cc1C. The van der Waals surface area contributed by atoms with Crippen molar-refractivity contribution < 1.29 is 0 Å². The Kier molecular flexibility index (Phi) is 11.0. The molecule has 0 fully saturated rings. The highest BCUT2D eigenvalue weighted by molar-refractivity contribution is 7.22. The van der Waals surface area contributed by atoms with Crippen LogP contribution in [-0.2, 0) is 6.42 Å². The van der Waals surface area contributed by atoms with Gasteiger partial charge in [-0.25, -0.2) is 0 Å². The van der Waals surface area contributed by atoms with E-state index in [2.05, 4.69) is 65.0 Å². The molecule has 0 saturated carbocycles. The van der Waals surface area contributed by atoms with Crippen molar-refractivity contribution in [2.24, 2.45) is 0 Å². The van der Waals surface area contributed by atoms with Gasteiger partial charge in [-0.05, 0) is 54.9 Å². The molecule has 0 unspecified atom stereocenters. The van der Waals surface area contributed by atoms with E-state index in [1.165, 1.54) is 85.9 Å². The van der Waals surface area contributed by atoms with Crippen molar-refractivity contribution >= 4 is 22.7 Å². The Morgan fingerprint density at radius 3 is 1.66 bits per heavy atom. The minimum atomic E-state index is 0.627. The van der Waals surface area contributed by atoms with Gasteiger partial charge in [0.25, 0.3) is 0 Å². The van der Waals surface area contributed by atoms with E-state index >= 15 is 0 Å². The zero-order chi connectivity index (χ0) is 21.2. The second kappa shape index (κ2) is 13.0. The summed E-state index contributed by atoms with van der Waals surface area (Å²) >= 11 is 4.08. The van der Waals surface area contributed by atoms with Crippen LogP contribution in [-0.4, -0.2) is 0 Å². The van der Waals surface area contributed by atoms with Crippen molar-refractivity contribution in [1.29, 1.82) is 0 Å². The minimum Gasteiger partial charge on any atom is -0.139 e. The summed E-state index contributed by atoms with van der Waals surface area (Å²) in [6.45, 7) is 13.9. The van der Waals surface area contributed by atoms with E-state index in [-0.39, 0.29) is 0 Å². The molecule has 0 aromatic carbocycles. The van der Waals surface area contributed by atoms with E-state index in [4.69, 9.17) is 0 Å². The standard InChI is InChI=1S/C27H44S2/c1-7-8-9-10-11-12-13-14-15-16-17-23-19-25(21(4)5)29-27(23)26-22(6)18-24(28-26)20(2)3/h18-21H,7-17H2,1-6H3. The Morgan fingerprint density at radius 1 is 0.655 bits per heavy atom. The molecule has 2 heterocycles. The molecule has 164 valence electrons. The molecule has 0 aliphatic heterocycles. The first-order valence-corrected chi connectivity index (χ1v) is 13.8. The first-order valence-electron chi connectivity index (χ1n) is 12.2. The quantitative estimate of drug-likeness (QED) is 0.260. The summed E-state index contributed by atoms with van der Waals surface area (Å²) in [7, 11) is 0. The third kappa shape index (κ3) is 7.87. The Bertz CT molecular complexity index is 702. The molecule has 0 nitrogen and oxygen atoms in total. The molecule has 0 N–H and O–H groups in total. The summed E-state index contributed by atoms with van der Waals surface area (Å²) in [5, 5.41) is 0. The van der Waals surface area contributed by atoms with Gasteiger partial charge in [-0.2, -0.15) is 0 Å². The number of rotatable bonds is 14. The fourth-order valence-corrected chi connectivity index (χ4v) is 6.55. The van der Waals surface area contributed by atoms with E-state index in [1.54, 1.807) is 15.3 Å². The van der Waals surface area contributed by atoms with Gasteiger partial charge in [0.15, 0.2) is 0 Å². The van der Waals surface area contributed by atoms with E-state index in [9.17, 15) is 0 Å². The zero-order valence-electron chi connectivity index (χ0n) is 19.9. The Labute approximate surface area is 189 Å². The van der Waals surface area contributed by atoms with Crippen molar-refractivity contribution in [3.05, 3.63) is 33.0 Å². The number of thiophene rings is 2. The highest BCUT2D eigenvalue weighted by Crippen LogP contribution is 2.43. The molecule has 2 aromatic heterocycles. The van der Waals surface area contributed by atoms with E-state index < -0.39 is 0 Å². The zero-order valence-corrected chi connectivity index (χ0v) is 21.5. The van der Waals surface area contributed by atoms with Crippen LogP contribution < -0.4 is 0 Å². The van der Waals surface area contributed by atoms with Crippen LogP contribution in [0.2, 0.25) is 0 Å². The fourth-order valence-electron chi connectivity index (χ4n) is 3.93. The molecule has 0 atom stereocenters. The summed E-state index contributed by atoms with van der Waals surface area (Å²) in [6, 6.07) is 4.94. The van der Waals surface area contributed by atoms with Crippen LogP contribution in [0.25, 0.3) is 9.75 Å². The predicted octanol–water partition coefficient (Wildman–Crippen LogP) is 10.5. The van der Waals surface area contributed by atoms with Gasteiger partial charge in [0.05, 0.1) is 0 Å². The van der Waals surface area contributed by atoms with Crippen molar-refractivity contribution in [3.8, 4) is 9.75 Å². The van der Waals surface area contributed by atoms with Gasteiger partial charge in [0.1, 0.15) is 0 Å². The van der Waals surface area contributed by atoms with Crippen molar-refractivity contribution in [3.63, 3.8) is 0 Å². The van der Waals surface area contributed by atoms with Crippen LogP contribution in [0.4, 0.5) is 0 Å². The van der Waals surface area contributed by atoms with Gasteiger partial charge in [-0.15, -0.1) is 22.7 Å². The van der Waals surface area contributed by atoms with Gasteiger partial charge in [-0.3, -0.25) is 0 Å². The fraction of sp³-hybridized carbons (Fsp3) is 0.704. The van der Waals surface area contributed by atoms with Crippen molar-refractivity contribution in [2.75, 3.05) is 0 Å². The maximum absolute atomic E-state index is 2.52. The maximum Gasteiger partial charge on any atom is 0.0480 e. The van der Waals surface area contributed by atoms with Crippen molar-refractivity contribution in [1.82, 2.24) is 0 Å². The lowest BCUT2D eigenvalue weighted by molar-refractivity contribution is 0.556. The van der Waals surface area contributed by atoms with E-state index in [0.717, 1.165) is 0 Å². The largest absolute Gasteiger partial charge is 0.139 e. The third-order valence-corrected chi connectivity index (χ3v) is 9.09. The molecule has 0 bridgehead atoms.